The van der Waals surface area contributed by atoms with Crippen LogP contribution in [-0.4, -0.2) is 28.6 Å². The first-order valence-electron chi connectivity index (χ1n) is 4.90. The molecule has 0 aliphatic rings. The van der Waals surface area contributed by atoms with Gasteiger partial charge in [0.15, 0.2) is 0 Å². The van der Waals surface area contributed by atoms with Gasteiger partial charge in [-0.2, -0.15) is 0 Å². The van der Waals surface area contributed by atoms with Crippen molar-refractivity contribution in [2.24, 2.45) is 0 Å². The molecule has 2 rings (SSSR count). The zero-order valence-electron chi connectivity index (χ0n) is 8.87. The molecule has 1 nitrogen and oxygen atoms in total. The molecular weight excluding hydrogens is 237 g/mol. The molecule has 0 aliphatic heterocycles. The minimum absolute atomic E-state index is 0.575. The van der Waals surface area contributed by atoms with Gasteiger partial charge in [-0.1, -0.05) is 0 Å². The van der Waals surface area contributed by atoms with Crippen LogP contribution >= 0.6 is 0 Å². The van der Waals surface area contributed by atoms with Gasteiger partial charge in [0.1, 0.15) is 0 Å². The van der Waals surface area contributed by atoms with Crippen LogP contribution in [0.25, 0.3) is 9.65 Å². The first-order valence-corrected chi connectivity index (χ1v) is 6.74. The van der Waals surface area contributed by atoms with E-state index in [0.29, 0.717) is 14.5 Å². The van der Waals surface area contributed by atoms with Crippen LogP contribution in [0.5, 0.6) is 0 Å². The van der Waals surface area contributed by atoms with E-state index in [9.17, 15) is 0 Å². The number of aryl methyl sites for hydroxylation is 1. The molecule has 0 saturated heterocycles. The van der Waals surface area contributed by atoms with Crippen LogP contribution in [0.3, 0.4) is 0 Å². The Morgan fingerprint density at radius 3 is 2.71 bits per heavy atom. The molecule has 0 saturated carbocycles. The van der Waals surface area contributed by atoms with E-state index in [0.717, 1.165) is 6.42 Å². The van der Waals surface area contributed by atoms with E-state index in [1.165, 1.54) is 16.6 Å². The van der Waals surface area contributed by atoms with E-state index >= 15 is 0 Å². The summed E-state index contributed by atoms with van der Waals surface area (Å²) < 4.78 is 1.59. The van der Waals surface area contributed by atoms with Crippen molar-refractivity contribution in [3.8, 4) is 0 Å². The van der Waals surface area contributed by atoms with Gasteiger partial charge < -0.3 is 0 Å². The number of rotatable bonds is 2. The zero-order chi connectivity index (χ0) is 10.1. The molecule has 0 aliphatic carbocycles. The minimum atomic E-state index is 0.575. The number of hydrogen-bond acceptors (Lipinski definition) is 1. The quantitative estimate of drug-likeness (QED) is 0.742. The number of hydrogen-bond donors (Lipinski definition) is 0. The Morgan fingerprint density at radius 1 is 1.29 bits per heavy atom. The van der Waals surface area contributed by atoms with Gasteiger partial charge in [-0.05, 0) is 0 Å². The van der Waals surface area contributed by atoms with E-state index in [-0.39, 0.29) is 0 Å². The molecule has 0 bridgehead atoms. The number of benzene rings is 1. The molecule has 1 aromatic carbocycles. The third-order valence-corrected chi connectivity index (χ3v) is 4.62. The normalized spacial score (nSPS) is 10.8. The van der Waals surface area contributed by atoms with E-state index in [1.54, 1.807) is 4.26 Å². The Balaban J connectivity index is 2.67. The number of anilines is 1. The van der Waals surface area contributed by atoms with Crippen molar-refractivity contribution in [1.82, 2.24) is 0 Å². The molecule has 2 aromatic rings. The second kappa shape index (κ2) is 3.80. The van der Waals surface area contributed by atoms with E-state index in [2.05, 4.69) is 49.1 Å². The maximum atomic E-state index is 2.33. The summed E-state index contributed by atoms with van der Waals surface area (Å²) in [6.45, 7) is 2.24. The van der Waals surface area contributed by atoms with Crippen molar-refractivity contribution < 1.29 is 0 Å². The summed E-state index contributed by atoms with van der Waals surface area (Å²) in [7, 11) is 4.20. The first-order chi connectivity index (χ1) is 6.72. The molecule has 14 heavy (non-hydrogen) atoms. The predicted molar refractivity (Wildman–Crippen MR) is 64.6 cm³/mol. The SMILES string of the molecule is CCc1cc(N(C)C)cc2cc[se]c12. The van der Waals surface area contributed by atoms with Crippen molar-refractivity contribution in [1.29, 1.82) is 0 Å². The second-order valence-corrected chi connectivity index (χ2v) is 5.61. The van der Waals surface area contributed by atoms with Gasteiger partial charge >= 0.3 is 90.9 Å². The van der Waals surface area contributed by atoms with Gasteiger partial charge in [0.05, 0.1) is 0 Å². The maximum absolute atomic E-state index is 2.33. The fraction of sp³-hybridized carbons (Fsp3) is 0.333. The monoisotopic (exact) mass is 253 g/mol. The van der Waals surface area contributed by atoms with E-state index in [4.69, 9.17) is 0 Å². The fourth-order valence-corrected chi connectivity index (χ4v) is 3.69. The second-order valence-electron chi connectivity index (χ2n) is 3.69. The van der Waals surface area contributed by atoms with Crippen molar-refractivity contribution in [3.05, 3.63) is 28.7 Å². The molecule has 0 fully saturated rings. The van der Waals surface area contributed by atoms with Crippen molar-refractivity contribution in [3.63, 3.8) is 0 Å². The molecule has 0 N–H and O–H groups in total. The summed E-state index contributed by atoms with van der Waals surface area (Å²) in [5.41, 5.74) is 2.85. The molecule has 74 valence electrons. The van der Waals surface area contributed by atoms with Crippen LogP contribution < -0.4 is 4.90 Å². The van der Waals surface area contributed by atoms with Gasteiger partial charge in [-0.3, -0.25) is 0 Å². The van der Waals surface area contributed by atoms with Crippen LogP contribution in [0.1, 0.15) is 12.5 Å². The molecule has 0 unspecified atom stereocenters. The van der Waals surface area contributed by atoms with Crippen LogP contribution in [0.4, 0.5) is 5.69 Å². The van der Waals surface area contributed by atoms with E-state index in [1.807, 2.05) is 0 Å². The molecule has 2 heteroatoms. The molecule has 1 heterocycles. The fourth-order valence-electron chi connectivity index (χ4n) is 1.66. The third-order valence-electron chi connectivity index (χ3n) is 2.51. The summed E-state index contributed by atoms with van der Waals surface area (Å²) in [6, 6.07) is 6.88. The Hall–Kier alpha value is -0.721. The summed E-state index contributed by atoms with van der Waals surface area (Å²) in [6.07, 6.45) is 1.15. The van der Waals surface area contributed by atoms with Crippen molar-refractivity contribution in [2.75, 3.05) is 19.0 Å². The standard InChI is InChI=1S/C12H15NSe/c1-4-9-7-11(13(2)3)8-10-5-6-14-12(9)10/h5-8H,4H2,1-3H3. The predicted octanol–water partition coefficient (Wildman–Crippen LogP) is 2.53. The average Bonchev–Trinajstić information content (AvgIpc) is 2.63. The van der Waals surface area contributed by atoms with Gasteiger partial charge in [-0.15, -0.1) is 0 Å². The molecular formula is C12H15NSe. The topological polar surface area (TPSA) is 3.24 Å². The van der Waals surface area contributed by atoms with Crippen LogP contribution in [0.2, 0.25) is 0 Å². The third kappa shape index (κ3) is 1.60. The van der Waals surface area contributed by atoms with Crippen molar-refractivity contribution >= 4 is 29.8 Å². The summed E-state index contributed by atoms with van der Waals surface area (Å²) >= 11 is 0.575. The summed E-state index contributed by atoms with van der Waals surface area (Å²) in [5.74, 6) is 0. The average molecular weight is 252 g/mol. The van der Waals surface area contributed by atoms with Crippen LogP contribution in [0.15, 0.2) is 23.1 Å². The van der Waals surface area contributed by atoms with E-state index < -0.39 is 0 Å². The van der Waals surface area contributed by atoms with Crippen LogP contribution in [0, 0.1) is 0 Å². The van der Waals surface area contributed by atoms with Crippen molar-refractivity contribution in [2.45, 2.75) is 13.3 Å². The molecule has 0 amide bonds. The van der Waals surface area contributed by atoms with Crippen LogP contribution in [-0.2, 0) is 6.42 Å². The first kappa shape index (κ1) is 9.82. The summed E-state index contributed by atoms with van der Waals surface area (Å²) in [4.78, 5) is 4.49. The summed E-state index contributed by atoms with van der Waals surface area (Å²) in [5, 5.41) is 1.44. The Morgan fingerprint density at radius 2 is 2.07 bits per heavy atom. The van der Waals surface area contributed by atoms with Gasteiger partial charge in [-0.25, -0.2) is 0 Å². The molecule has 0 atom stereocenters. The molecule has 1 aromatic heterocycles. The Bertz CT molecular complexity index is 443. The number of nitrogens with zero attached hydrogens (tertiary/aromatic N) is 1. The Labute approximate surface area is 91.1 Å². The Kier molecular flexibility index (Phi) is 2.66. The molecule has 0 spiro atoms. The van der Waals surface area contributed by atoms with Gasteiger partial charge in [0, 0.05) is 0 Å². The zero-order valence-corrected chi connectivity index (χ0v) is 10.6. The molecule has 0 radical (unpaired) electrons. The number of fused-ring (bicyclic) bond motifs is 1. The van der Waals surface area contributed by atoms with Gasteiger partial charge in [0.25, 0.3) is 0 Å². The van der Waals surface area contributed by atoms with Gasteiger partial charge in [0.2, 0.25) is 0 Å².